The number of aliphatic hydroxyl groups is 1. The molecule has 11 nitrogen and oxygen atoms in total. The Morgan fingerprint density at radius 3 is 1.40 bits per heavy atom. The van der Waals surface area contributed by atoms with Gasteiger partial charge in [-0.15, -0.1) is 0 Å². The fraction of sp³-hybridized carbons (Fsp3) is 0.417. The van der Waals surface area contributed by atoms with E-state index in [1.54, 1.807) is 0 Å². The second-order valence-electron chi connectivity index (χ2n) is 8.37. The van der Waals surface area contributed by atoms with Gasteiger partial charge in [-0.25, -0.2) is 0 Å². The summed E-state index contributed by atoms with van der Waals surface area (Å²) in [6, 6.07) is 8.74. The number of ether oxygens (including phenoxy) is 2. The monoisotopic (exact) mass is 664 g/mol. The first kappa shape index (κ1) is 35.6. The molecule has 43 heavy (non-hydrogen) atoms. The number of alkyl halides is 6. The minimum Gasteiger partial charge on any atom is -0.493 e. The molecule has 0 heterocycles. The first-order valence-corrected chi connectivity index (χ1v) is 15.3. The maximum absolute atomic E-state index is 13.4. The van der Waals surface area contributed by atoms with E-state index in [-0.39, 0.29) is 37.6 Å². The van der Waals surface area contributed by atoms with Gasteiger partial charge in [-0.05, 0) is 55.0 Å². The predicted molar refractivity (Wildman–Crippen MR) is 141 cm³/mol. The average Bonchev–Trinajstić information content (AvgIpc) is 2.88. The van der Waals surface area contributed by atoms with E-state index in [1.807, 2.05) is 0 Å². The number of oxime groups is 2. The molecule has 240 valence electrons. The summed E-state index contributed by atoms with van der Waals surface area (Å²) in [4.78, 5) is 0. The van der Waals surface area contributed by atoms with Gasteiger partial charge in [-0.2, -0.15) is 43.2 Å². The van der Waals surface area contributed by atoms with E-state index in [0.29, 0.717) is 0 Å². The highest BCUT2D eigenvalue weighted by Crippen LogP contribution is 2.26. The SMILES string of the molecule is CCCS(=O)(=O)O/N=C(/c1ccc(OCCCOc2ccc(/C(=N/OS(=O)(=O)CCO)C(F)(F)F)cc2)cc1)C(F)(F)F. The van der Waals surface area contributed by atoms with Crippen molar-refractivity contribution >= 4 is 31.7 Å². The molecule has 2 aromatic carbocycles. The van der Waals surface area contributed by atoms with E-state index < -0.39 is 73.3 Å². The van der Waals surface area contributed by atoms with E-state index in [0.717, 1.165) is 24.3 Å². The standard InChI is InChI=1S/C24H26F6N2O9S2/c1-2-15-42(34,35)40-31-21(23(25,26)27)17-4-8-19(9-5-17)38-13-3-14-39-20-10-6-18(7-11-20)22(24(28,29)30)32-41-43(36,37)16-12-33/h4-11,33H,2-3,12-16H2,1H3/b31-21-,32-22-. The summed E-state index contributed by atoms with van der Waals surface area (Å²) in [6.07, 6.45) is -9.68. The Morgan fingerprint density at radius 2 is 1.07 bits per heavy atom. The van der Waals surface area contributed by atoms with Crippen LogP contribution < -0.4 is 9.47 Å². The molecule has 2 rings (SSSR count). The Labute approximate surface area is 242 Å². The molecule has 0 atom stereocenters. The summed E-state index contributed by atoms with van der Waals surface area (Å²) in [5.74, 6) is -1.12. The van der Waals surface area contributed by atoms with Gasteiger partial charge in [0.1, 0.15) is 17.3 Å². The molecular weight excluding hydrogens is 638 g/mol. The molecule has 0 saturated carbocycles. The number of halogens is 6. The van der Waals surface area contributed by atoms with Crippen LogP contribution in [0.3, 0.4) is 0 Å². The Morgan fingerprint density at radius 1 is 0.698 bits per heavy atom. The summed E-state index contributed by atoms with van der Waals surface area (Å²) < 4.78 is 145. The largest absolute Gasteiger partial charge is 0.493 e. The van der Waals surface area contributed by atoms with Crippen molar-refractivity contribution in [1.82, 2.24) is 0 Å². The van der Waals surface area contributed by atoms with Crippen LogP contribution in [0.5, 0.6) is 11.5 Å². The van der Waals surface area contributed by atoms with Crippen molar-refractivity contribution in [1.29, 1.82) is 0 Å². The minimum absolute atomic E-state index is 0.0363. The van der Waals surface area contributed by atoms with Crippen molar-refractivity contribution in [3.8, 4) is 11.5 Å². The molecule has 0 aliphatic carbocycles. The van der Waals surface area contributed by atoms with Gasteiger partial charge in [0.15, 0.2) is 11.4 Å². The first-order valence-electron chi connectivity index (χ1n) is 12.2. The molecule has 0 saturated heterocycles. The van der Waals surface area contributed by atoms with Crippen molar-refractivity contribution < 1.29 is 66.3 Å². The Balaban J connectivity index is 1.93. The molecule has 0 spiro atoms. The third kappa shape index (κ3) is 12.3. The Bertz CT molecular complexity index is 1350. The van der Waals surface area contributed by atoms with E-state index >= 15 is 0 Å². The second-order valence-corrected chi connectivity index (χ2v) is 11.7. The van der Waals surface area contributed by atoms with Crippen molar-refractivity contribution in [2.24, 2.45) is 10.3 Å². The van der Waals surface area contributed by atoms with Crippen molar-refractivity contribution in [3.05, 3.63) is 59.7 Å². The quantitative estimate of drug-likeness (QED) is 0.121. The van der Waals surface area contributed by atoms with Crippen LogP contribution in [0.25, 0.3) is 0 Å². The van der Waals surface area contributed by atoms with E-state index in [4.69, 9.17) is 14.6 Å². The maximum atomic E-state index is 13.4. The molecule has 0 radical (unpaired) electrons. The lowest BCUT2D eigenvalue weighted by Crippen LogP contribution is -2.25. The zero-order valence-electron chi connectivity index (χ0n) is 22.3. The van der Waals surface area contributed by atoms with Gasteiger partial charge in [0.05, 0.1) is 25.6 Å². The number of hydrogen-bond acceptors (Lipinski definition) is 11. The fourth-order valence-corrected chi connectivity index (χ4v) is 4.27. The van der Waals surface area contributed by atoms with Gasteiger partial charge in [0.2, 0.25) is 0 Å². The normalized spacial score (nSPS) is 13.5. The van der Waals surface area contributed by atoms with E-state index in [9.17, 15) is 43.2 Å². The highest BCUT2D eigenvalue weighted by molar-refractivity contribution is 7.86. The molecule has 19 heteroatoms. The van der Waals surface area contributed by atoms with Gasteiger partial charge in [0, 0.05) is 17.5 Å². The van der Waals surface area contributed by atoms with Gasteiger partial charge in [-0.3, -0.25) is 8.57 Å². The molecule has 0 fully saturated rings. The van der Waals surface area contributed by atoms with Gasteiger partial charge >= 0.3 is 32.6 Å². The number of aliphatic hydroxyl groups excluding tert-OH is 1. The molecule has 0 amide bonds. The Hall–Kier alpha value is -3.58. The Kier molecular flexibility index (Phi) is 12.6. The van der Waals surface area contributed by atoms with E-state index in [1.165, 1.54) is 31.2 Å². The number of hydrogen-bond donors (Lipinski definition) is 1. The molecule has 0 aromatic heterocycles. The summed E-state index contributed by atoms with van der Waals surface area (Å²) in [5, 5.41) is 14.1. The third-order valence-corrected chi connectivity index (χ3v) is 7.09. The lowest BCUT2D eigenvalue weighted by molar-refractivity contribution is -0.0606. The number of benzene rings is 2. The zero-order chi connectivity index (χ0) is 32.3. The average molecular weight is 665 g/mol. The molecule has 0 aliphatic heterocycles. The predicted octanol–water partition coefficient (Wildman–Crippen LogP) is 4.16. The van der Waals surface area contributed by atoms with Crippen molar-refractivity contribution in [3.63, 3.8) is 0 Å². The third-order valence-electron chi connectivity index (χ3n) is 4.90. The molecule has 2 aromatic rings. The maximum Gasteiger partial charge on any atom is 0.437 e. The summed E-state index contributed by atoms with van der Waals surface area (Å²) >= 11 is 0. The molecule has 0 unspecified atom stereocenters. The van der Waals surface area contributed by atoms with Crippen LogP contribution in [-0.2, 0) is 28.8 Å². The van der Waals surface area contributed by atoms with Crippen LogP contribution >= 0.6 is 0 Å². The van der Waals surface area contributed by atoms with E-state index in [2.05, 4.69) is 18.9 Å². The minimum atomic E-state index is -5.06. The molecule has 1 N–H and O–H groups in total. The van der Waals surface area contributed by atoms with Crippen LogP contribution in [0.4, 0.5) is 26.3 Å². The van der Waals surface area contributed by atoms with Gasteiger partial charge < -0.3 is 14.6 Å². The highest BCUT2D eigenvalue weighted by Gasteiger charge is 2.39. The van der Waals surface area contributed by atoms with Crippen molar-refractivity contribution in [2.75, 3.05) is 31.3 Å². The number of nitrogens with zero attached hydrogens (tertiary/aromatic N) is 2. The van der Waals surface area contributed by atoms with Crippen LogP contribution in [0, 0.1) is 0 Å². The molecule has 0 bridgehead atoms. The van der Waals surface area contributed by atoms with Crippen LogP contribution in [0.2, 0.25) is 0 Å². The topological polar surface area (TPSA) is 150 Å². The highest BCUT2D eigenvalue weighted by atomic mass is 32.2. The lowest BCUT2D eigenvalue weighted by atomic mass is 10.1. The zero-order valence-corrected chi connectivity index (χ0v) is 23.9. The number of rotatable bonds is 16. The molecular formula is C24H26F6N2O9S2. The van der Waals surface area contributed by atoms with Crippen LogP contribution in [0.1, 0.15) is 30.9 Å². The van der Waals surface area contributed by atoms with Crippen LogP contribution in [-0.4, -0.2) is 77.0 Å². The van der Waals surface area contributed by atoms with Gasteiger partial charge in [-0.1, -0.05) is 17.2 Å². The summed E-state index contributed by atoms with van der Waals surface area (Å²) in [6.45, 7) is 0.713. The molecule has 0 aliphatic rings. The van der Waals surface area contributed by atoms with Gasteiger partial charge in [0.25, 0.3) is 0 Å². The van der Waals surface area contributed by atoms with Crippen molar-refractivity contribution in [2.45, 2.75) is 32.1 Å². The smallest absolute Gasteiger partial charge is 0.437 e. The fourth-order valence-electron chi connectivity index (χ4n) is 3.02. The van der Waals surface area contributed by atoms with Crippen LogP contribution in [0.15, 0.2) is 58.8 Å². The first-order chi connectivity index (χ1) is 20.0. The lowest BCUT2D eigenvalue weighted by Gasteiger charge is -2.12. The summed E-state index contributed by atoms with van der Waals surface area (Å²) in [5.41, 5.74) is -4.15. The summed E-state index contributed by atoms with van der Waals surface area (Å²) in [7, 11) is -8.78. The second kappa shape index (κ2) is 15.2.